The molecule has 6 heteroatoms. The summed E-state index contributed by atoms with van der Waals surface area (Å²) in [7, 11) is 0. The zero-order valence-electron chi connectivity index (χ0n) is 43.2. The van der Waals surface area contributed by atoms with Crippen molar-refractivity contribution >= 4 is 163 Å². The van der Waals surface area contributed by atoms with Crippen LogP contribution in [0.15, 0.2) is 267 Å². The molecule has 2 nitrogen and oxygen atoms in total. The highest BCUT2D eigenvalue weighted by Gasteiger charge is 2.21. The molecule has 378 valence electrons. The number of anilines is 6. The van der Waals surface area contributed by atoms with Crippen molar-refractivity contribution in [2.24, 2.45) is 0 Å². The molecule has 4 heterocycles. The fraction of sp³-hybridized carbons (Fsp3) is 0. The van der Waals surface area contributed by atoms with Crippen LogP contribution in [0.2, 0.25) is 0 Å². The summed E-state index contributed by atoms with van der Waals surface area (Å²) in [4.78, 5) is 4.83. The van der Waals surface area contributed by atoms with Gasteiger partial charge >= 0.3 is 0 Å². The van der Waals surface area contributed by atoms with E-state index in [9.17, 15) is 0 Å². The van der Waals surface area contributed by atoms with Gasteiger partial charge in [0.2, 0.25) is 0 Å². The molecular formula is C74H48N2S4. The van der Waals surface area contributed by atoms with Crippen LogP contribution in [0.25, 0.3) is 108 Å². The number of rotatable bonds is 12. The molecule has 0 aliphatic rings. The molecule has 0 amide bonds. The Hall–Kier alpha value is -9.14. The van der Waals surface area contributed by atoms with Gasteiger partial charge in [-0.25, -0.2) is 0 Å². The van der Waals surface area contributed by atoms with Crippen LogP contribution in [0.3, 0.4) is 0 Å². The van der Waals surface area contributed by atoms with E-state index in [0.29, 0.717) is 0 Å². The second-order valence-electron chi connectivity index (χ2n) is 20.1. The molecule has 0 unspecified atom stereocenters. The summed E-state index contributed by atoms with van der Waals surface area (Å²) in [6.45, 7) is 0. The van der Waals surface area contributed by atoms with Gasteiger partial charge in [0, 0.05) is 30.2 Å². The predicted molar refractivity (Wildman–Crippen MR) is 354 cm³/mol. The van der Waals surface area contributed by atoms with Gasteiger partial charge in [-0.2, -0.15) is 0 Å². The molecule has 0 saturated heterocycles. The molecule has 0 spiro atoms. The van der Waals surface area contributed by atoms with Crippen LogP contribution in [0.5, 0.6) is 0 Å². The first-order valence-electron chi connectivity index (χ1n) is 26.9. The van der Waals surface area contributed by atoms with Crippen molar-refractivity contribution in [2.75, 3.05) is 9.80 Å². The molecule has 0 radical (unpaired) electrons. The van der Waals surface area contributed by atoms with Crippen molar-refractivity contribution in [3.8, 4) is 22.3 Å². The van der Waals surface area contributed by atoms with E-state index in [1.54, 1.807) is 0 Å². The minimum atomic E-state index is 1.14. The molecular weight excluding hydrogens is 1050 g/mol. The second kappa shape index (κ2) is 20.6. The Morgan fingerprint density at radius 1 is 0.237 bits per heavy atom. The third-order valence-electron chi connectivity index (χ3n) is 15.1. The van der Waals surface area contributed by atoms with Gasteiger partial charge in [-0.3, -0.25) is 9.80 Å². The Morgan fingerprint density at radius 3 is 0.850 bits per heavy atom. The van der Waals surface area contributed by atoms with Gasteiger partial charge in [0.1, 0.15) is 20.0 Å². The lowest BCUT2D eigenvalue weighted by Gasteiger charge is -2.21. The van der Waals surface area contributed by atoms with Crippen LogP contribution < -0.4 is 9.80 Å². The first kappa shape index (κ1) is 48.0. The Labute approximate surface area is 480 Å². The molecule has 0 atom stereocenters. The fourth-order valence-corrected chi connectivity index (χ4v) is 15.7. The SMILES string of the molecule is C(=C\c1ccc2c(-c3ccccc3)c(-c3ccccc3)c3ccc(/C=C/c4ccc(N(c5cc6ccccc6s5)c5cc6ccccc6s5)cc4)cc3c2c1)/c1ccc(N(c2cc3ccccc3s2)c2cc3ccccc3s2)cc1. The minimum Gasteiger partial charge on any atom is -0.293 e. The number of fused-ring (bicyclic) bond motifs is 7. The van der Waals surface area contributed by atoms with E-state index in [-0.39, 0.29) is 0 Å². The zero-order valence-corrected chi connectivity index (χ0v) is 46.5. The Morgan fingerprint density at radius 2 is 0.525 bits per heavy atom. The van der Waals surface area contributed by atoms with E-state index in [0.717, 1.165) is 33.6 Å². The van der Waals surface area contributed by atoms with E-state index in [1.165, 1.54) is 104 Å². The van der Waals surface area contributed by atoms with Crippen LogP contribution in [-0.2, 0) is 0 Å². The predicted octanol–water partition coefficient (Wildman–Crippen LogP) is 23.5. The number of hydrogen-bond donors (Lipinski definition) is 0. The van der Waals surface area contributed by atoms with Crippen LogP contribution in [0.1, 0.15) is 22.3 Å². The minimum absolute atomic E-state index is 1.14. The molecule has 80 heavy (non-hydrogen) atoms. The Bertz CT molecular complexity index is 4240. The summed E-state index contributed by atoms with van der Waals surface area (Å²) >= 11 is 7.34. The van der Waals surface area contributed by atoms with E-state index in [2.05, 4.69) is 301 Å². The van der Waals surface area contributed by atoms with Crippen LogP contribution in [0, 0.1) is 0 Å². The van der Waals surface area contributed by atoms with Crippen LogP contribution in [-0.4, -0.2) is 0 Å². The summed E-state index contributed by atoms with van der Waals surface area (Å²) in [5.74, 6) is 0. The number of thiophene rings is 4. The molecule has 15 aromatic rings. The molecule has 0 fully saturated rings. The van der Waals surface area contributed by atoms with Crippen LogP contribution in [0.4, 0.5) is 31.4 Å². The Balaban J connectivity index is 0.792. The van der Waals surface area contributed by atoms with Gasteiger partial charge in [-0.1, -0.05) is 206 Å². The molecule has 0 aliphatic carbocycles. The van der Waals surface area contributed by atoms with E-state index in [1.807, 2.05) is 45.3 Å². The number of hydrogen-bond acceptors (Lipinski definition) is 6. The quantitative estimate of drug-likeness (QED) is 0.0889. The lowest BCUT2D eigenvalue weighted by Crippen LogP contribution is -2.06. The lowest BCUT2D eigenvalue weighted by molar-refractivity contribution is 1.36. The monoisotopic (exact) mass is 1090 g/mol. The number of nitrogens with zero attached hydrogens (tertiary/aromatic N) is 2. The summed E-state index contributed by atoms with van der Waals surface area (Å²) < 4.78 is 5.14. The van der Waals surface area contributed by atoms with Gasteiger partial charge < -0.3 is 0 Å². The van der Waals surface area contributed by atoms with Gasteiger partial charge in [-0.15, -0.1) is 45.3 Å². The summed E-state index contributed by atoms with van der Waals surface area (Å²) in [6.07, 6.45) is 9.02. The fourth-order valence-electron chi connectivity index (χ4n) is 11.2. The largest absolute Gasteiger partial charge is 0.293 e. The average Bonchev–Trinajstić information content (AvgIpc) is 4.35. The maximum atomic E-state index is 2.42. The van der Waals surface area contributed by atoms with Crippen molar-refractivity contribution in [3.05, 3.63) is 289 Å². The topological polar surface area (TPSA) is 6.48 Å². The lowest BCUT2D eigenvalue weighted by atomic mass is 9.84. The van der Waals surface area contributed by atoms with Gasteiger partial charge in [0.05, 0.1) is 0 Å². The molecule has 0 bridgehead atoms. The van der Waals surface area contributed by atoms with E-state index in [4.69, 9.17) is 0 Å². The molecule has 11 aromatic carbocycles. The molecule has 0 saturated carbocycles. The smallest absolute Gasteiger partial charge is 0.102 e. The van der Waals surface area contributed by atoms with Crippen molar-refractivity contribution < 1.29 is 0 Å². The van der Waals surface area contributed by atoms with Crippen molar-refractivity contribution in [2.45, 2.75) is 0 Å². The van der Waals surface area contributed by atoms with Crippen molar-refractivity contribution in [1.82, 2.24) is 0 Å². The summed E-state index contributed by atoms with van der Waals surface area (Å²) in [5.41, 5.74) is 11.8. The molecule has 0 aliphatic heterocycles. The van der Waals surface area contributed by atoms with Gasteiger partial charge in [0.15, 0.2) is 0 Å². The van der Waals surface area contributed by atoms with E-state index < -0.39 is 0 Å². The second-order valence-corrected chi connectivity index (χ2v) is 24.4. The highest BCUT2D eigenvalue weighted by atomic mass is 32.1. The summed E-state index contributed by atoms with van der Waals surface area (Å²) in [6, 6.07) is 97.8. The first-order chi connectivity index (χ1) is 39.6. The standard InChI is InChI=1S/C74H48N2S4/c1-3-15-53(16-4-1)73-61-41-35-51(29-27-49-31-37-59(38-32-49)75(69-45-55-19-7-11-23-65(55)77-69)70-46-56-20-8-12-24-66(56)78-70)43-63(61)64-44-52(36-42-62(64)74(73)54-17-5-2-6-18-54)30-28-50-33-39-60(40-34-50)76(71-47-57-21-9-13-25-67(57)79-71)72-48-58-22-10-14-26-68(58)80-72/h1-48H/b29-27+,30-28+. The Kier molecular flexibility index (Phi) is 12.4. The molecule has 4 aromatic heterocycles. The third-order valence-corrected chi connectivity index (χ3v) is 19.5. The van der Waals surface area contributed by atoms with Crippen molar-refractivity contribution in [1.29, 1.82) is 0 Å². The summed E-state index contributed by atoms with van der Waals surface area (Å²) in [5, 5.41) is 14.8. The molecule has 0 N–H and O–H groups in total. The maximum absolute atomic E-state index is 2.42. The normalized spacial score (nSPS) is 11.9. The average molecular weight is 1090 g/mol. The van der Waals surface area contributed by atoms with Gasteiger partial charge in [0.25, 0.3) is 0 Å². The zero-order chi connectivity index (χ0) is 52.9. The van der Waals surface area contributed by atoms with Crippen molar-refractivity contribution in [3.63, 3.8) is 0 Å². The highest BCUT2D eigenvalue weighted by molar-refractivity contribution is 7.25. The first-order valence-corrected chi connectivity index (χ1v) is 30.1. The molecule has 15 rings (SSSR count). The number of benzene rings is 11. The van der Waals surface area contributed by atoms with E-state index >= 15 is 0 Å². The maximum Gasteiger partial charge on any atom is 0.102 e. The van der Waals surface area contributed by atoms with Crippen LogP contribution >= 0.6 is 45.3 Å². The third kappa shape index (κ3) is 9.08. The highest BCUT2D eigenvalue weighted by Crippen LogP contribution is 2.49. The van der Waals surface area contributed by atoms with Gasteiger partial charge in [-0.05, 0) is 173 Å².